The Morgan fingerprint density at radius 2 is 1.59 bits per heavy atom. The van der Waals surface area contributed by atoms with Crippen molar-refractivity contribution in [3.8, 4) is 11.1 Å². The number of rotatable bonds is 2. The molecule has 0 N–H and O–H groups in total. The van der Waals surface area contributed by atoms with Gasteiger partial charge in [-0.2, -0.15) is 0 Å². The topological polar surface area (TPSA) is 0 Å². The lowest BCUT2D eigenvalue weighted by atomic mass is 9.86. The van der Waals surface area contributed by atoms with Gasteiger partial charge >= 0.3 is 0 Å². The van der Waals surface area contributed by atoms with Gasteiger partial charge in [0, 0.05) is 0 Å². The van der Waals surface area contributed by atoms with E-state index in [0.717, 1.165) is 6.42 Å². The van der Waals surface area contributed by atoms with E-state index < -0.39 is 0 Å². The average molecular weight is 290 g/mol. The molecule has 3 rings (SSSR count). The van der Waals surface area contributed by atoms with Crippen molar-refractivity contribution in [2.24, 2.45) is 5.92 Å². The second kappa shape index (κ2) is 5.43. The van der Waals surface area contributed by atoms with Gasteiger partial charge in [-0.25, -0.2) is 0 Å². The lowest BCUT2D eigenvalue weighted by Crippen LogP contribution is -2.10. The first-order valence-electron chi connectivity index (χ1n) is 8.29. The molecule has 0 aliphatic heterocycles. The molecule has 2 aromatic carbocycles. The maximum absolute atomic E-state index is 2.41. The molecule has 0 unspecified atom stereocenters. The van der Waals surface area contributed by atoms with Gasteiger partial charge in [0.1, 0.15) is 0 Å². The van der Waals surface area contributed by atoms with Crippen molar-refractivity contribution in [1.29, 1.82) is 0 Å². The smallest absolute Gasteiger partial charge is 0.00550 e. The van der Waals surface area contributed by atoms with E-state index >= 15 is 0 Å². The summed E-state index contributed by atoms with van der Waals surface area (Å²) in [6.45, 7) is 11.4. The molecule has 114 valence electrons. The van der Waals surface area contributed by atoms with E-state index in [-0.39, 0.29) is 5.41 Å². The zero-order valence-electron chi connectivity index (χ0n) is 14.4. The van der Waals surface area contributed by atoms with E-state index in [1.54, 1.807) is 5.57 Å². The van der Waals surface area contributed by atoms with Gasteiger partial charge in [0.15, 0.2) is 0 Å². The zero-order chi connectivity index (χ0) is 15.9. The normalized spacial score (nSPS) is 14.2. The van der Waals surface area contributed by atoms with Crippen molar-refractivity contribution in [2.45, 2.75) is 46.5 Å². The Balaban J connectivity index is 2.03. The molecule has 0 aromatic heterocycles. The van der Waals surface area contributed by atoms with Gasteiger partial charge in [-0.15, -0.1) is 0 Å². The average Bonchev–Trinajstić information content (AvgIpc) is 2.90. The third-order valence-electron chi connectivity index (χ3n) is 4.72. The summed E-state index contributed by atoms with van der Waals surface area (Å²) in [4.78, 5) is 0. The van der Waals surface area contributed by atoms with Gasteiger partial charge in [-0.05, 0) is 45.6 Å². The van der Waals surface area contributed by atoms with E-state index in [1.165, 1.54) is 27.8 Å². The van der Waals surface area contributed by atoms with E-state index in [4.69, 9.17) is 0 Å². The second-order valence-electron chi connectivity index (χ2n) is 7.76. The molecular formula is C22H26. The van der Waals surface area contributed by atoms with Gasteiger partial charge in [0.2, 0.25) is 0 Å². The van der Waals surface area contributed by atoms with Crippen LogP contribution in [-0.2, 0) is 11.8 Å². The first-order valence-corrected chi connectivity index (χ1v) is 8.29. The summed E-state index contributed by atoms with van der Waals surface area (Å²) >= 11 is 0. The quantitative estimate of drug-likeness (QED) is 0.613. The maximum Gasteiger partial charge on any atom is -0.00550 e. The maximum atomic E-state index is 2.41. The number of allylic oxidation sites excluding steroid dienone is 1. The lowest BCUT2D eigenvalue weighted by molar-refractivity contribution is 0.590. The van der Waals surface area contributed by atoms with Crippen LogP contribution < -0.4 is 0 Å². The van der Waals surface area contributed by atoms with Crippen molar-refractivity contribution in [1.82, 2.24) is 0 Å². The molecule has 1 aliphatic rings. The molecule has 0 bridgehead atoms. The highest BCUT2D eigenvalue weighted by molar-refractivity contribution is 5.81. The number of fused-ring (bicyclic) bond motifs is 1. The van der Waals surface area contributed by atoms with Crippen molar-refractivity contribution < 1.29 is 0 Å². The van der Waals surface area contributed by atoms with Crippen LogP contribution in [0.4, 0.5) is 0 Å². The Morgan fingerprint density at radius 1 is 0.909 bits per heavy atom. The monoisotopic (exact) mass is 290 g/mol. The largest absolute Gasteiger partial charge is 0.0626 e. The van der Waals surface area contributed by atoms with Gasteiger partial charge in [0.05, 0.1) is 0 Å². The van der Waals surface area contributed by atoms with Crippen molar-refractivity contribution in [3.63, 3.8) is 0 Å². The van der Waals surface area contributed by atoms with E-state index in [2.05, 4.69) is 83.2 Å². The number of benzene rings is 2. The summed E-state index contributed by atoms with van der Waals surface area (Å²) in [6.07, 6.45) is 3.52. The van der Waals surface area contributed by atoms with E-state index in [1.807, 2.05) is 0 Å². The summed E-state index contributed by atoms with van der Waals surface area (Å²) in [5.74, 6) is 0.628. The molecule has 0 saturated heterocycles. The first kappa shape index (κ1) is 15.1. The molecule has 0 fully saturated rings. The molecule has 0 nitrogen and oxygen atoms in total. The van der Waals surface area contributed by atoms with Crippen LogP contribution in [0.1, 0.15) is 51.3 Å². The molecule has 1 aliphatic carbocycles. The van der Waals surface area contributed by atoms with Crippen LogP contribution >= 0.6 is 0 Å². The predicted octanol–water partition coefficient (Wildman–Crippen LogP) is 6.25. The fourth-order valence-electron chi connectivity index (χ4n) is 3.17. The highest BCUT2D eigenvalue weighted by Gasteiger charge is 2.19. The van der Waals surface area contributed by atoms with Gasteiger partial charge in [-0.1, -0.05) is 88.7 Å². The number of hydrogen-bond acceptors (Lipinski definition) is 0. The van der Waals surface area contributed by atoms with Crippen LogP contribution in [0, 0.1) is 5.92 Å². The van der Waals surface area contributed by atoms with Crippen LogP contribution in [0.3, 0.4) is 0 Å². The van der Waals surface area contributed by atoms with Gasteiger partial charge < -0.3 is 0 Å². The third kappa shape index (κ3) is 2.75. The van der Waals surface area contributed by atoms with Crippen LogP contribution in [0.25, 0.3) is 17.2 Å². The standard InChI is InChI=1S/C22H26/c1-15(2)18-13-17-7-6-8-20(21(17)14-18)16-9-11-19(12-10-16)22(3,4)5/h6-12,14-15H,13H2,1-5H3. The minimum absolute atomic E-state index is 0.210. The second-order valence-corrected chi connectivity index (χ2v) is 7.76. The van der Waals surface area contributed by atoms with Crippen molar-refractivity contribution in [2.75, 3.05) is 0 Å². The molecule has 2 aromatic rings. The fraction of sp³-hybridized carbons (Fsp3) is 0.364. The van der Waals surface area contributed by atoms with Crippen LogP contribution in [0.5, 0.6) is 0 Å². The highest BCUT2D eigenvalue weighted by atomic mass is 14.2. The van der Waals surface area contributed by atoms with E-state index in [9.17, 15) is 0 Å². The lowest BCUT2D eigenvalue weighted by Gasteiger charge is -2.19. The Morgan fingerprint density at radius 3 is 2.18 bits per heavy atom. The van der Waals surface area contributed by atoms with Crippen LogP contribution in [0.2, 0.25) is 0 Å². The highest BCUT2D eigenvalue weighted by Crippen LogP contribution is 2.36. The molecule has 0 atom stereocenters. The molecule has 0 spiro atoms. The first-order chi connectivity index (χ1) is 10.4. The minimum Gasteiger partial charge on any atom is -0.0626 e. The SMILES string of the molecule is CC(C)C1=Cc2c(cccc2-c2ccc(C(C)(C)C)cc2)C1. The zero-order valence-corrected chi connectivity index (χ0v) is 14.4. The molecule has 0 heteroatoms. The molecule has 0 radical (unpaired) electrons. The molecule has 22 heavy (non-hydrogen) atoms. The Bertz CT molecular complexity index is 707. The molecule has 0 amide bonds. The van der Waals surface area contributed by atoms with Crippen molar-refractivity contribution in [3.05, 3.63) is 64.7 Å². The van der Waals surface area contributed by atoms with Gasteiger partial charge in [-0.3, -0.25) is 0 Å². The van der Waals surface area contributed by atoms with Crippen molar-refractivity contribution >= 4 is 6.08 Å². The minimum atomic E-state index is 0.210. The Labute approximate surface area is 134 Å². The summed E-state index contributed by atoms with van der Waals surface area (Å²) in [6, 6.07) is 15.8. The van der Waals surface area contributed by atoms with Crippen LogP contribution in [0.15, 0.2) is 48.0 Å². The van der Waals surface area contributed by atoms with E-state index in [0.29, 0.717) is 5.92 Å². The Hall–Kier alpha value is -1.82. The van der Waals surface area contributed by atoms with Gasteiger partial charge in [0.25, 0.3) is 0 Å². The summed E-state index contributed by atoms with van der Waals surface area (Å²) in [7, 11) is 0. The number of hydrogen-bond donors (Lipinski definition) is 0. The predicted molar refractivity (Wildman–Crippen MR) is 97.1 cm³/mol. The molecule has 0 heterocycles. The summed E-state index contributed by atoms with van der Waals surface area (Å²) < 4.78 is 0. The summed E-state index contributed by atoms with van der Waals surface area (Å²) in [5.41, 5.74) is 8.74. The Kier molecular flexibility index (Phi) is 3.72. The fourth-order valence-corrected chi connectivity index (χ4v) is 3.17. The van der Waals surface area contributed by atoms with Crippen LogP contribution in [-0.4, -0.2) is 0 Å². The molecule has 0 saturated carbocycles. The summed E-state index contributed by atoms with van der Waals surface area (Å²) in [5, 5.41) is 0. The third-order valence-corrected chi connectivity index (χ3v) is 4.72. The molecular weight excluding hydrogens is 264 g/mol.